The largest absolute Gasteiger partial charge is 1.00 e. The maximum atomic E-state index is 10.6. The summed E-state index contributed by atoms with van der Waals surface area (Å²) in [5.41, 5.74) is 0. The van der Waals surface area contributed by atoms with E-state index in [0.717, 1.165) is 9.80 Å². The van der Waals surface area contributed by atoms with Gasteiger partial charge >= 0.3 is 83.0 Å². The van der Waals surface area contributed by atoms with E-state index < -0.39 is 125 Å². The van der Waals surface area contributed by atoms with E-state index >= 15 is 0 Å². The number of aliphatic hydroxyl groups is 8. The zero-order valence-corrected chi connectivity index (χ0v) is 28.5. The van der Waals surface area contributed by atoms with Gasteiger partial charge < -0.3 is 78.3 Å². The molecule has 0 aromatic rings. The molecule has 254 valence electrons. The maximum Gasteiger partial charge on any atom is 1.00 e. The second kappa shape index (κ2) is 22.8. The number of carboxylic acids is 4. The monoisotopic (exact) mass is 682 g/mol. The smallest absolute Gasteiger partial charge is 1.00 e. The number of hydrogen-bond acceptors (Lipinski definition) is 17. The van der Waals surface area contributed by atoms with Crippen LogP contribution in [-0.2, 0) is 33.4 Å². The first-order valence-corrected chi connectivity index (χ1v) is 12.6. The van der Waals surface area contributed by atoms with E-state index in [1.807, 2.05) is 0 Å². The van der Waals surface area contributed by atoms with Crippen molar-refractivity contribution < 1.29 is 157 Å². The number of ether oxygens (including phenoxy) is 3. The minimum Gasteiger partial charge on any atom is -1.00 e. The summed E-state index contributed by atoms with van der Waals surface area (Å²) in [4.78, 5) is 44.4. The average Bonchev–Trinajstić information content (AvgIpc) is 2.91. The summed E-state index contributed by atoms with van der Waals surface area (Å²) < 4.78 is 15.3. The molecule has 0 aromatic carbocycles. The summed E-state index contributed by atoms with van der Waals surface area (Å²) in [5.74, 6) is -4.91. The predicted molar refractivity (Wildman–Crippen MR) is 134 cm³/mol. The van der Waals surface area contributed by atoms with Crippen molar-refractivity contribution in [1.29, 1.82) is 0 Å². The second-order valence-electron chi connectivity index (χ2n) is 9.53. The topological polar surface area (TPSA) is 345 Å². The van der Waals surface area contributed by atoms with Crippen LogP contribution in [0.4, 0.5) is 0 Å². The Hall–Kier alpha value is -0.640. The summed E-state index contributed by atoms with van der Waals surface area (Å²) in [6, 6.07) is 0. The predicted octanol–water partition coefficient (Wildman–Crippen LogP) is -13.2. The molecule has 2 saturated heterocycles. The summed E-state index contributed by atoms with van der Waals surface area (Å²) in [7, 11) is 0. The normalized spacial score (nSPS) is 31.2. The van der Waals surface area contributed by atoms with Crippen LogP contribution in [0.3, 0.4) is 0 Å². The SMILES string of the molecule is O=C(O)CN(CCN(CC(=O)O)CC(=O)O)CC(=O)O.OC[C@H]1O[C@H](O[C@H]2O[C@H](CO)[C@@H](O)[C@H](O)[C@H]2O)[C@H](O)[C@@H](O)[C@@H]1O.[H-].[H-].[Na+].[Na+]. The van der Waals surface area contributed by atoms with Crippen molar-refractivity contribution >= 4 is 23.9 Å². The van der Waals surface area contributed by atoms with Gasteiger partial charge in [-0.3, -0.25) is 29.0 Å². The molecule has 2 aliphatic heterocycles. The van der Waals surface area contributed by atoms with Gasteiger partial charge in [0.25, 0.3) is 0 Å². The van der Waals surface area contributed by atoms with Gasteiger partial charge in [0.15, 0.2) is 12.6 Å². The molecular formula is C22H40N2Na2O19. The summed E-state index contributed by atoms with van der Waals surface area (Å²) in [6.45, 7) is -3.58. The fraction of sp³-hybridized carbons (Fsp3) is 0.818. The van der Waals surface area contributed by atoms with Gasteiger partial charge in [0.1, 0.15) is 48.8 Å². The third-order valence-corrected chi connectivity index (χ3v) is 6.13. The van der Waals surface area contributed by atoms with E-state index in [0.29, 0.717) is 0 Å². The van der Waals surface area contributed by atoms with Crippen molar-refractivity contribution in [3.8, 4) is 0 Å². The average molecular weight is 683 g/mol. The van der Waals surface area contributed by atoms with Gasteiger partial charge in [0.2, 0.25) is 0 Å². The molecule has 2 fully saturated rings. The number of carbonyl (C=O) groups is 4. The van der Waals surface area contributed by atoms with Gasteiger partial charge in [0, 0.05) is 13.1 Å². The van der Waals surface area contributed by atoms with E-state index in [-0.39, 0.29) is 75.1 Å². The second-order valence-corrected chi connectivity index (χ2v) is 9.53. The van der Waals surface area contributed by atoms with Crippen molar-refractivity contribution in [2.75, 3.05) is 52.5 Å². The Labute approximate surface area is 302 Å². The molecule has 0 spiro atoms. The Balaban J connectivity index is -0.000000366. The number of rotatable bonds is 15. The minimum absolute atomic E-state index is 0. The molecule has 2 heterocycles. The number of aliphatic carboxylic acids is 4. The molecule has 0 saturated carbocycles. The van der Waals surface area contributed by atoms with Crippen molar-refractivity contribution in [3.05, 3.63) is 0 Å². The van der Waals surface area contributed by atoms with Crippen LogP contribution in [0.25, 0.3) is 0 Å². The van der Waals surface area contributed by atoms with Gasteiger partial charge in [-0.25, -0.2) is 0 Å². The standard InChI is InChI=1S/C12H22O11.C10H16N2O8.2Na.2H/c13-1-3-5(15)7(17)9(19)11(21-3)23-12-10(20)8(18)6(16)4(2-14)22-12;13-7(14)3-11(4-8(15)16)1-2-12(5-9(17)18)6-10(19)20;;;;/h3-20H,1-2H2;1-6H2,(H,13,14)(H,15,16)(H,17,18)(H,19,20);;;;/q;;2*+1;2*-1/t3-,4-,5-,6-,7+,8+,9-,10-,11-,12-;;;;;/m1...../s1. The molecule has 0 aliphatic carbocycles. The van der Waals surface area contributed by atoms with Crippen molar-refractivity contribution in [1.82, 2.24) is 9.80 Å². The number of nitrogens with zero attached hydrogens (tertiary/aromatic N) is 2. The Morgan fingerprint density at radius 3 is 1.02 bits per heavy atom. The Morgan fingerprint density at radius 2 is 0.800 bits per heavy atom. The van der Waals surface area contributed by atoms with Gasteiger partial charge in [0.05, 0.1) is 39.4 Å². The molecule has 10 atom stereocenters. The minimum atomic E-state index is -1.72. The molecule has 12 N–H and O–H groups in total. The molecule has 21 nitrogen and oxygen atoms in total. The molecule has 0 aromatic heterocycles. The molecule has 2 aliphatic rings. The van der Waals surface area contributed by atoms with E-state index in [1.54, 1.807) is 0 Å². The molecule has 0 radical (unpaired) electrons. The Morgan fingerprint density at radius 1 is 0.533 bits per heavy atom. The molecule has 2 rings (SSSR count). The molecule has 0 unspecified atom stereocenters. The van der Waals surface area contributed by atoms with E-state index in [4.69, 9.17) is 44.8 Å². The fourth-order valence-electron chi connectivity index (χ4n) is 3.97. The van der Waals surface area contributed by atoms with E-state index in [9.17, 15) is 49.8 Å². The summed E-state index contributed by atoms with van der Waals surface area (Å²) in [5, 5.41) is 111. The first-order valence-electron chi connectivity index (χ1n) is 12.6. The quantitative estimate of drug-likeness (QED) is 0.0713. The van der Waals surface area contributed by atoms with E-state index in [1.165, 1.54) is 0 Å². The Kier molecular flexibility index (Phi) is 23.6. The van der Waals surface area contributed by atoms with Gasteiger partial charge in [-0.1, -0.05) is 0 Å². The molecule has 23 heteroatoms. The maximum absolute atomic E-state index is 10.6. The third kappa shape index (κ3) is 15.9. The van der Waals surface area contributed by atoms with E-state index in [2.05, 4.69) is 0 Å². The van der Waals surface area contributed by atoms with Crippen LogP contribution in [0.2, 0.25) is 0 Å². The summed E-state index contributed by atoms with van der Waals surface area (Å²) >= 11 is 0. The Bertz CT molecular complexity index is 828. The third-order valence-electron chi connectivity index (χ3n) is 6.13. The zero-order chi connectivity index (χ0) is 33.0. The van der Waals surface area contributed by atoms with Crippen molar-refractivity contribution in [2.45, 2.75) is 61.4 Å². The van der Waals surface area contributed by atoms with Crippen LogP contribution < -0.4 is 59.1 Å². The fourth-order valence-corrected chi connectivity index (χ4v) is 3.97. The number of hydrogen-bond donors (Lipinski definition) is 12. The first-order chi connectivity index (χ1) is 20.0. The number of carboxylic acid groups (broad SMARTS) is 4. The van der Waals surface area contributed by atoms with Crippen LogP contribution in [0.5, 0.6) is 0 Å². The van der Waals surface area contributed by atoms with Gasteiger partial charge in [-0.05, 0) is 0 Å². The van der Waals surface area contributed by atoms with Crippen LogP contribution in [0.1, 0.15) is 2.85 Å². The van der Waals surface area contributed by atoms with Crippen LogP contribution in [0, 0.1) is 0 Å². The first kappa shape index (κ1) is 46.5. The zero-order valence-electron chi connectivity index (χ0n) is 26.5. The van der Waals surface area contributed by atoms with Crippen LogP contribution >= 0.6 is 0 Å². The van der Waals surface area contributed by atoms with Crippen molar-refractivity contribution in [3.63, 3.8) is 0 Å². The molecule has 0 amide bonds. The number of aliphatic hydroxyl groups excluding tert-OH is 8. The summed E-state index contributed by atoms with van der Waals surface area (Å²) in [6.07, 6.45) is -15.6. The molecule has 0 bridgehead atoms. The van der Waals surface area contributed by atoms with Crippen LogP contribution in [-0.4, -0.2) is 209 Å². The molecular weight excluding hydrogens is 642 g/mol. The van der Waals surface area contributed by atoms with Gasteiger partial charge in [-0.2, -0.15) is 0 Å². The van der Waals surface area contributed by atoms with Crippen molar-refractivity contribution in [2.24, 2.45) is 0 Å². The van der Waals surface area contributed by atoms with Crippen LogP contribution in [0.15, 0.2) is 0 Å². The molecule has 45 heavy (non-hydrogen) atoms. The van der Waals surface area contributed by atoms with Gasteiger partial charge in [-0.15, -0.1) is 0 Å².